The first kappa shape index (κ1) is 22.9. The number of rotatable bonds is 3. The van der Waals surface area contributed by atoms with Crippen LogP contribution in [0.15, 0.2) is 30.6 Å². The van der Waals surface area contributed by atoms with Gasteiger partial charge in [-0.2, -0.15) is 9.97 Å². The molecule has 7 rings (SSSR count). The summed E-state index contributed by atoms with van der Waals surface area (Å²) < 4.78 is 20.2. The first-order valence-electron chi connectivity index (χ1n) is 12.7. The summed E-state index contributed by atoms with van der Waals surface area (Å²) in [5, 5.41) is 10.0. The van der Waals surface area contributed by atoms with Gasteiger partial charge in [-0.25, -0.2) is 4.98 Å². The Hall–Kier alpha value is -2.30. The molecule has 3 aromatic rings. The van der Waals surface area contributed by atoms with Gasteiger partial charge in [-0.3, -0.25) is 4.57 Å². The Morgan fingerprint density at radius 3 is 2.44 bits per heavy atom. The number of nitrogens with zero attached hydrogens (tertiary/aromatic N) is 5. The highest BCUT2D eigenvalue weighted by atomic mass is 35.5. The minimum atomic E-state index is -0.761. The standard InChI is InChI=1S/C26H30ClN5O4/c1-25(2)35-19-17(13-33)34-23(20(19)36-25)32-14-28-18-21(29-24(27)30-22(18)32)31-9-7-26(8-10-31)11-15-5-3-4-6-16(15)12-26/h3-6,14,17,19-20,23,33H,7-13H2,1-2H3/t17-,19+,20?,23-/m1/s1. The molecule has 36 heavy (non-hydrogen) atoms. The Morgan fingerprint density at radius 1 is 1.06 bits per heavy atom. The zero-order valence-electron chi connectivity index (χ0n) is 20.4. The topological polar surface area (TPSA) is 94.8 Å². The summed E-state index contributed by atoms with van der Waals surface area (Å²) in [5.41, 5.74) is 4.60. The fourth-order valence-corrected chi connectivity index (χ4v) is 6.79. The molecule has 1 spiro atoms. The highest BCUT2D eigenvalue weighted by Crippen LogP contribution is 2.46. The van der Waals surface area contributed by atoms with Gasteiger partial charge < -0.3 is 24.2 Å². The van der Waals surface area contributed by atoms with Gasteiger partial charge in [0.1, 0.15) is 18.3 Å². The molecule has 2 aromatic heterocycles. The van der Waals surface area contributed by atoms with Crippen molar-refractivity contribution in [3.05, 3.63) is 47.0 Å². The van der Waals surface area contributed by atoms with E-state index in [2.05, 4.69) is 39.1 Å². The van der Waals surface area contributed by atoms with E-state index in [1.54, 1.807) is 6.33 Å². The van der Waals surface area contributed by atoms with E-state index in [0.717, 1.165) is 44.6 Å². The van der Waals surface area contributed by atoms with E-state index < -0.39 is 24.2 Å². The van der Waals surface area contributed by atoms with Crippen LogP contribution in [-0.2, 0) is 27.1 Å². The quantitative estimate of drug-likeness (QED) is 0.535. The monoisotopic (exact) mass is 511 g/mol. The molecule has 0 bridgehead atoms. The first-order chi connectivity index (χ1) is 17.3. The number of aliphatic hydroxyl groups is 1. The Kier molecular flexibility index (Phi) is 5.14. The normalized spacial score (nSPS) is 30.3. The predicted octanol–water partition coefficient (Wildman–Crippen LogP) is 3.27. The maximum atomic E-state index is 9.88. The predicted molar refractivity (Wildman–Crippen MR) is 133 cm³/mol. The van der Waals surface area contributed by atoms with Crippen LogP contribution in [0.3, 0.4) is 0 Å². The van der Waals surface area contributed by atoms with Crippen molar-refractivity contribution < 1.29 is 19.3 Å². The Morgan fingerprint density at radius 2 is 1.75 bits per heavy atom. The van der Waals surface area contributed by atoms with Gasteiger partial charge in [-0.1, -0.05) is 24.3 Å². The third kappa shape index (κ3) is 3.55. The number of hydrogen-bond acceptors (Lipinski definition) is 8. The number of hydrogen-bond donors (Lipinski definition) is 1. The van der Waals surface area contributed by atoms with Gasteiger partial charge in [-0.15, -0.1) is 0 Å². The van der Waals surface area contributed by atoms with Crippen LogP contribution in [0.5, 0.6) is 0 Å². The van der Waals surface area contributed by atoms with Gasteiger partial charge in [0, 0.05) is 13.1 Å². The average Bonchev–Trinajstić information content (AvgIpc) is 3.58. The molecule has 0 radical (unpaired) electrons. The lowest BCUT2D eigenvalue weighted by atomic mass is 9.76. The highest BCUT2D eigenvalue weighted by molar-refractivity contribution is 6.28. The SMILES string of the molecule is CC1(C)OC2[C@@H](O1)[C@@H](CO)O[C@H]2n1cnc2c(N3CCC4(CC3)Cc3ccccc3C4)nc(Cl)nc21. The molecular weight excluding hydrogens is 482 g/mol. The number of halogens is 1. The molecule has 4 atom stereocenters. The molecule has 3 aliphatic heterocycles. The number of anilines is 1. The van der Waals surface area contributed by atoms with Gasteiger partial charge in [-0.05, 0) is 67.7 Å². The average molecular weight is 512 g/mol. The van der Waals surface area contributed by atoms with Crippen molar-refractivity contribution >= 4 is 28.6 Å². The largest absolute Gasteiger partial charge is 0.394 e. The lowest BCUT2D eigenvalue weighted by molar-refractivity contribution is -0.199. The summed E-state index contributed by atoms with van der Waals surface area (Å²) >= 11 is 6.45. The van der Waals surface area contributed by atoms with E-state index in [-0.39, 0.29) is 18.0 Å². The number of piperidine rings is 1. The fourth-order valence-electron chi connectivity index (χ4n) is 6.63. The van der Waals surface area contributed by atoms with Crippen molar-refractivity contribution in [2.24, 2.45) is 5.41 Å². The molecule has 1 aliphatic carbocycles. The van der Waals surface area contributed by atoms with Crippen molar-refractivity contribution in [2.75, 3.05) is 24.6 Å². The summed E-state index contributed by atoms with van der Waals surface area (Å²) in [4.78, 5) is 16.1. The number of aliphatic hydroxyl groups excluding tert-OH is 1. The van der Waals surface area contributed by atoms with Gasteiger partial charge in [0.2, 0.25) is 5.28 Å². The van der Waals surface area contributed by atoms with E-state index in [9.17, 15) is 5.11 Å². The van der Waals surface area contributed by atoms with Crippen LogP contribution in [0.2, 0.25) is 5.28 Å². The number of benzene rings is 1. The van der Waals surface area contributed by atoms with E-state index in [0.29, 0.717) is 16.6 Å². The molecule has 3 fully saturated rings. The van der Waals surface area contributed by atoms with Crippen LogP contribution in [0.1, 0.15) is 44.0 Å². The molecule has 9 nitrogen and oxygen atoms in total. The highest BCUT2D eigenvalue weighted by Gasteiger charge is 2.56. The molecule has 3 saturated heterocycles. The number of aromatic nitrogens is 4. The van der Waals surface area contributed by atoms with Gasteiger partial charge in [0.15, 0.2) is 29.0 Å². The van der Waals surface area contributed by atoms with Crippen molar-refractivity contribution in [2.45, 2.75) is 69.9 Å². The van der Waals surface area contributed by atoms with Crippen molar-refractivity contribution in [3.63, 3.8) is 0 Å². The minimum absolute atomic E-state index is 0.163. The third-order valence-electron chi connectivity index (χ3n) is 8.33. The van der Waals surface area contributed by atoms with Crippen molar-refractivity contribution in [3.8, 4) is 0 Å². The summed E-state index contributed by atoms with van der Waals surface area (Å²) in [7, 11) is 0. The van der Waals surface area contributed by atoms with E-state index in [1.165, 1.54) is 11.1 Å². The molecule has 4 aliphatic rings. The Labute approximate surface area is 214 Å². The zero-order valence-corrected chi connectivity index (χ0v) is 21.2. The molecule has 0 saturated carbocycles. The zero-order chi connectivity index (χ0) is 24.7. The van der Waals surface area contributed by atoms with Crippen LogP contribution in [0.25, 0.3) is 11.2 Å². The molecule has 0 amide bonds. The van der Waals surface area contributed by atoms with Crippen LogP contribution in [0, 0.1) is 5.41 Å². The molecule has 1 N–H and O–H groups in total. The maximum absolute atomic E-state index is 9.88. The molecule has 190 valence electrons. The molecule has 1 unspecified atom stereocenters. The van der Waals surface area contributed by atoms with Crippen LogP contribution >= 0.6 is 11.6 Å². The first-order valence-corrected chi connectivity index (χ1v) is 13.1. The summed E-state index contributed by atoms with van der Waals surface area (Å²) in [6, 6.07) is 8.83. The second-order valence-corrected chi connectivity index (χ2v) is 11.4. The third-order valence-corrected chi connectivity index (χ3v) is 8.50. The lowest BCUT2D eigenvalue weighted by Crippen LogP contribution is -2.41. The Bertz CT molecular complexity index is 1290. The van der Waals surface area contributed by atoms with E-state index in [4.69, 9.17) is 30.8 Å². The summed E-state index contributed by atoms with van der Waals surface area (Å²) in [6.45, 7) is 5.36. The number of imidazole rings is 1. The molecule has 5 heterocycles. The van der Waals surface area contributed by atoms with E-state index >= 15 is 0 Å². The second-order valence-electron chi connectivity index (χ2n) is 11.1. The second kappa shape index (κ2) is 8.10. The smallest absolute Gasteiger partial charge is 0.226 e. The van der Waals surface area contributed by atoms with Gasteiger partial charge >= 0.3 is 0 Å². The van der Waals surface area contributed by atoms with Gasteiger partial charge in [0.25, 0.3) is 0 Å². The molecule has 1 aromatic carbocycles. The van der Waals surface area contributed by atoms with Crippen LogP contribution in [0.4, 0.5) is 5.82 Å². The number of fused-ring (bicyclic) bond motifs is 3. The van der Waals surface area contributed by atoms with E-state index in [1.807, 2.05) is 18.4 Å². The fraction of sp³-hybridized carbons (Fsp3) is 0.577. The maximum Gasteiger partial charge on any atom is 0.226 e. The minimum Gasteiger partial charge on any atom is -0.394 e. The summed E-state index contributed by atoms with van der Waals surface area (Å²) in [5.74, 6) is -0.00547. The summed E-state index contributed by atoms with van der Waals surface area (Å²) in [6.07, 6.45) is 4.38. The van der Waals surface area contributed by atoms with Gasteiger partial charge in [0.05, 0.1) is 12.9 Å². The van der Waals surface area contributed by atoms with Crippen LogP contribution in [-0.4, -0.2) is 68.4 Å². The molecular formula is C26H30ClN5O4. The van der Waals surface area contributed by atoms with Crippen molar-refractivity contribution in [1.82, 2.24) is 19.5 Å². The van der Waals surface area contributed by atoms with Crippen molar-refractivity contribution in [1.29, 1.82) is 0 Å². The number of ether oxygens (including phenoxy) is 3. The lowest BCUT2D eigenvalue weighted by Gasteiger charge is -2.40. The van der Waals surface area contributed by atoms with Crippen LogP contribution < -0.4 is 4.90 Å². The molecule has 10 heteroatoms. The Balaban J connectivity index is 1.17.